The number of hydrogen-bond donors (Lipinski definition) is 0. The standard InChI is InChI=1S/C19H32O2.C18H26O6.C17H28O6.C13H24O2/c1-6-18(4,5)17(20)21-19(12(2)3)15-8-13-7-14(10-15)11-16(19)9-13;1-4-18(2,3)17(21)22-9-14(19)24-15-11-5-10-6-12(8-11)16(20)23-13(15)7-10;1-5-16(2,3)15(18)21-14-12-11(13(19-4)20-14)22-17(23-12)9-7-6-8-10-17;1-5-12(3,4)11(14)15-13(6-2)9-7-8-10-13/h12-16H,6-11H2,1-5H3;10-13,15H,4-9H2,1-3H3;11-14H,5-10H2,1-4H3;5-10H2,1-4H3. The minimum Gasteiger partial charge on any atom is -0.459 e. The van der Waals surface area contributed by atoms with Crippen LogP contribution in [0.4, 0.5) is 0 Å². The van der Waals surface area contributed by atoms with Crippen molar-refractivity contribution in [1.29, 1.82) is 0 Å². The summed E-state index contributed by atoms with van der Waals surface area (Å²) >= 11 is 0. The molecule has 1 spiro atoms. The Bertz CT molecular complexity index is 2210. The molecule has 8 aliphatic carbocycles. The third-order valence-corrected chi connectivity index (χ3v) is 22.1. The smallest absolute Gasteiger partial charge is 0.344 e. The van der Waals surface area contributed by atoms with Crippen LogP contribution in [0.15, 0.2) is 0 Å². The average molecular weight is 1170 g/mol. The van der Waals surface area contributed by atoms with Crippen molar-refractivity contribution >= 4 is 35.8 Å². The maximum absolute atomic E-state index is 12.8. The molecule has 83 heavy (non-hydrogen) atoms. The van der Waals surface area contributed by atoms with Crippen molar-refractivity contribution in [2.45, 2.75) is 306 Å². The van der Waals surface area contributed by atoms with E-state index in [0.29, 0.717) is 36.5 Å². The molecule has 0 N–H and O–H groups in total. The van der Waals surface area contributed by atoms with Gasteiger partial charge in [-0.3, -0.25) is 24.0 Å². The van der Waals surface area contributed by atoms with E-state index in [1.165, 1.54) is 51.4 Å². The van der Waals surface area contributed by atoms with Crippen molar-refractivity contribution in [1.82, 2.24) is 0 Å². The first-order valence-electron chi connectivity index (χ1n) is 32.7. The average Bonchev–Trinajstić information content (AvgIpc) is 2.00. The monoisotopic (exact) mass is 1170 g/mol. The van der Waals surface area contributed by atoms with Crippen LogP contribution in [0.2, 0.25) is 0 Å². The maximum Gasteiger partial charge on any atom is 0.344 e. The third kappa shape index (κ3) is 15.0. The van der Waals surface area contributed by atoms with Crippen molar-refractivity contribution in [2.75, 3.05) is 13.7 Å². The Morgan fingerprint density at radius 2 is 1.06 bits per heavy atom. The van der Waals surface area contributed by atoms with Gasteiger partial charge < -0.3 is 47.4 Å². The molecule has 8 saturated carbocycles. The number of ether oxygens (including phenoxy) is 10. The van der Waals surface area contributed by atoms with Crippen molar-refractivity contribution in [3.05, 3.63) is 0 Å². The summed E-state index contributed by atoms with van der Waals surface area (Å²) in [5.41, 5.74) is -2.15. The van der Waals surface area contributed by atoms with Gasteiger partial charge in [-0.05, 0) is 219 Å². The van der Waals surface area contributed by atoms with E-state index < -0.39 is 53.3 Å². The van der Waals surface area contributed by atoms with Crippen LogP contribution in [-0.2, 0) is 76.1 Å². The van der Waals surface area contributed by atoms with E-state index in [4.69, 9.17) is 47.4 Å². The van der Waals surface area contributed by atoms with Crippen LogP contribution in [0.5, 0.6) is 0 Å². The van der Waals surface area contributed by atoms with Crippen LogP contribution in [0, 0.1) is 69.0 Å². The Balaban J connectivity index is 0.000000161. The number of methoxy groups -OCH3 is 1. The predicted octanol–water partition coefficient (Wildman–Crippen LogP) is 13.5. The normalized spacial score (nSPS) is 34.2. The summed E-state index contributed by atoms with van der Waals surface area (Å²) in [6, 6.07) is 0. The Hall–Kier alpha value is -3.34. The zero-order valence-corrected chi connectivity index (χ0v) is 54.1. The quantitative estimate of drug-likeness (QED) is 0.0984. The topological polar surface area (TPSA) is 195 Å². The Kier molecular flexibility index (Phi) is 21.8. The van der Waals surface area contributed by atoms with Crippen molar-refractivity contribution < 1.29 is 76.1 Å². The maximum atomic E-state index is 12.8. The second kappa shape index (κ2) is 27.0. The van der Waals surface area contributed by atoms with Crippen molar-refractivity contribution in [2.24, 2.45) is 69.0 Å². The SMILES string of the molecule is CCC(C)(C)C(=O)OC1(C(C)C)C2CC3CC(C2)CC1C3.CCC(C)(C)C(=O)OC1OC(OC)C2OC3(CCCCC3)OC12.CCC(C)(C)C(=O)OCC(=O)OC1C2CC3CC(C2)C(=O)OC1C3.CCC1(OC(=O)C(C)(C)CC)CCCC1. The molecule has 0 aromatic carbocycles. The lowest BCUT2D eigenvalue weighted by Crippen LogP contribution is -2.63. The minimum absolute atomic E-state index is 0.0197. The largest absolute Gasteiger partial charge is 0.459 e. The highest BCUT2D eigenvalue weighted by molar-refractivity contribution is 5.80. The zero-order valence-electron chi connectivity index (χ0n) is 54.1. The van der Waals surface area contributed by atoms with E-state index in [1.54, 1.807) is 21.0 Å². The Labute approximate surface area is 498 Å². The highest BCUT2D eigenvalue weighted by Crippen LogP contribution is 2.62. The number of rotatable bonds is 17. The summed E-state index contributed by atoms with van der Waals surface area (Å²) in [5, 5.41) is 0. The summed E-state index contributed by atoms with van der Waals surface area (Å²) in [6.07, 6.45) is 20.7. The van der Waals surface area contributed by atoms with Crippen LogP contribution < -0.4 is 0 Å². The molecule has 0 aromatic rings. The molecule has 0 radical (unpaired) electrons. The number of carbonyl (C=O) groups excluding carboxylic acids is 6. The van der Waals surface area contributed by atoms with Gasteiger partial charge in [0.2, 0.25) is 6.29 Å². The molecule has 4 saturated heterocycles. The van der Waals surface area contributed by atoms with Gasteiger partial charge >= 0.3 is 35.8 Å². The number of esters is 6. The van der Waals surface area contributed by atoms with Gasteiger partial charge in [-0.15, -0.1) is 0 Å². The highest BCUT2D eigenvalue weighted by Gasteiger charge is 2.63. The lowest BCUT2D eigenvalue weighted by atomic mass is 9.47. The summed E-state index contributed by atoms with van der Waals surface area (Å²) in [7, 11) is 1.57. The van der Waals surface area contributed by atoms with Crippen molar-refractivity contribution in [3.63, 3.8) is 0 Å². The van der Waals surface area contributed by atoms with Crippen LogP contribution in [0.3, 0.4) is 0 Å². The summed E-state index contributed by atoms with van der Waals surface area (Å²) in [5.74, 6) is 2.16. The molecule has 16 heteroatoms. The molecule has 474 valence electrons. The van der Waals surface area contributed by atoms with Gasteiger partial charge in [0.05, 0.1) is 27.6 Å². The summed E-state index contributed by atoms with van der Waals surface area (Å²) < 4.78 is 57.4. The predicted molar refractivity (Wildman–Crippen MR) is 312 cm³/mol. The molecule has 4 aliphatic heterocycles. The Morgan fingerprint density at radius 3 is 1.58 bits per heavy atom. The minimum atomic E-state index is -0.774. The zero-order chi connectivity index (χ0) is 61.1. The molecule has 16 nitrogen and oxygen atoms in total. The van der Waals surface area contributed by atoms with Crippen LogP contribution in [-0.4, -0.2) is 104 Å². The van der Waals surface area contributed by atoms with Gasteiger partial charge in [-0.2, -0.15) is 0 Å². The molecule has 8 bridgehead atoms. The summed E-state index contributed by atoms with van der Waals surface area (Å²) in [4.78, 5) is 73.2. The molecule has 9 unspecified atom stereocenters. The fraction of sp³-hybridized carbons (Fsp3) is 0.910. The van der Waals surface area contributed by atoms with Gasteiger partial charge in [0.1, 0.15) is 29.5 Å². The van der Waals surface area contributed by atoms with Crippen LogP contribution in [0.25, 0.3) is 0 Å². The molecule has 12 fully saturated rings. The first kappa shape index (κ1) is 67.2. The van der Waals surface area contributed by atoms with E-state index >= 15 is 0 Å². The van der Waals surface area contributed by atoms with E-state index in [1.807, 2.05) is 62.3 Å². The number of hydrogen-bond acceptors (Lipinski definition) is 16. The fourth-order valence-corrected chi connectivity index (χ4v) is 15.1. The lowest BCUT2D eigenvalue weighted by molar-refractivity contribution is -0.282. The van der Waals surface area contributed by atoms with Gasteiger partial charge in [0.25, 0.3) is 0 Å². The molecule has 4 heterocycles. The molecular formula is C67H110O16. The highest BCUT2D eigenvalue weighted by atomic mass is 16.8. The molecular weight excluding hydrogens is 1060 g/mol. The number of fused-ring (bicyclic) bond motifs is 2. The third-order valence-electron chi connectivity index (χ3n) is 22.1. The lowest BCUT2D eigenvalue weighted by Gasteiger charge is -2.62. The fourth-order valence-electron chi connectivity index (χ4n) is 15.1. The van der Waals surface area contributed by atoms with E-state index in [2.05, 4.69) is 27.7 Å². The number of carbonyl (C=O) groups is 6. The van der Waals surface area contributed by atoms with Gasteiger partial charge in [0, 0.05) is 25.9 Å². The second-order valence-electron chi connectivity index (χ2n) is 29.7. The molecule has 0 amide bonds. The van der Waals surface area contributed by atoms with Crippen LogP contribution >= 0.6 is 0 Å². The van der Waals surface area contributed by atoms with Crippen LogP contribution in [0.1, 0.15) is 252 Å². The second-order valence-corrected chi connectivity index (χ2v) is 29.7. The van der Waals surface area contributed by atoms with E-state index in [9.17, 15) is 28.8 Å². The van der Waals surface area contributed by atoms with Gasteiger partial charge in [0.15, 0.2) is 24.8 Å². The molecule has 12 rings (SSSR count). The van der Waals surface area contributed by atoms with Gasteiger partial charge in [-0.1, -0.05) is 54.9 Å². The van der Waals surface area contributed by atoms with Gasteiger partial charge in [-0.25, -0.2) is 4.79 Å². The first-order valence-corrected chi connectivity index (χ1v) is 32.7. The molecule has 9 atom stereocenters. The molecule has 0 aromatic heterocycles. The van der Waals surface area contributed by atoms with Crippen molar-refractivity contribution in [3.8, 4) is 0 Å². The van der Waals surface area contributed by atoms with E-state index in [0.717, 1.165) is 95.3 Å². The summed E-state index contributed by atoms with van der Waals surface area (Å²) in [6.45, 7) is 29.5. The van der Waals surface area contributed by atoms with E-state index in [-0.39, 0.29) is 76.6 Å². The molecule has 12 aliphatic rings. The first-order chi connectivity index (χ1) is 39.0. The Morgan fingerprint density at radius 1 is 0.566 bits per heavy atom.